The van der Waals surface area contributed by atoms with Gasteiger partial charge in [0.2, 0.25) is 10.0 Å². The summed E-state index contributed by atoms with van der Waals surface area (Å²) in [4.78, 5) is 0.0969. The minimum Gasteiger partial charge on any atom is -0.243 e. The fraction of sp³-hybridized carbons (Fsp3) is 0.333. The van der Waals surface area contributed by atoms with E-state index in [1.165, 1.54) is 6.07 Å². The van der Waals surface area contributed by atoms with Crippen molar-refractivity contribution in [3.63, 3.8) is 0 Å². The number of aromatic nitrogens is 2. The molecule has 86 valence electrons. The van der Waals surface area contributed by atoms with Crippen LogP contribution in [0.25, 0.3) is 11.0 Å². The van der Waals surface area contributed by atoms with Crippen LogP contribution in [0.3, 0.4) is 0 Å². The molecular formula is C9H11N3O3S. The molecule has 2 aromatic rings. The SMILES string of the molecule is CCCNS(=O)(=O)c1cccc2nonc12. The van der Waals surface area contributed by atoms with Gasteiger partial charge in [-0.25, -0.2) is 17.8 Å². The molecule has 1 aromatic heterocycles. The van der Waals surface area contributed by atoms with E-state index in [9.17, 15) is 8.42 Å². The fourth-order valence-electron chi connectivity index (χ4n) is 1.31. The van der Waals surface area contributed by atoms with Gasteiger partial charge in [-0.15, -0.1) is 0 Å². The quantitative estimate of drug-likeness (QED) is 0.860. The highest BCUT2D eigenvalue weighted by Gasteiger charge is 2.19. The van der Waals surface area contributed by atoms with Crippen molar-refractivity contribution < 1.29 is 13.0 Å². The van der Waals surface area contributed by atoms with Gasteiger partial charge in [0.1, 0.15) is 10.4 Å². The monoisotopic (exact) mass is 241 g/mol. The lowest BCUT2D eigenvalue weighted by Gasteiger charge is -2.04. The first-order chi connectivity index (χ1) is 7.65. The molecule has 0 aliphatic rings. The smallest absolute Gasteiger partial charge is 0.242 e. The summed E-state index contributed by atoms with van der Waals surface area (Å²) in [6.07, 6.45) is 0.728. The normalized spacial score (nSPS) is 12.1. The molecule has 0 saturated heterocycles. The maximum absolute atomic E-state index is 11.9. The first-order valence-electron chi connectivity index (χ1n) is 4.86. The molecule has 1 aromatic carbocycles. The summed E-state index contributed by atoms with van der Waals surface area (Å²) in [7, 11) is -3.53. The summed E-state index contributed by atoms with van der Waals surface area (Å²) in [5.41, 5.74) is 0.686. The molecule has 2 rings (SSSR count). The standard InChI is InChI=1S/C9H11N3O3S/c1-2-6-10-16(13,14)8-5-3-4-7-9(8)12-15-11-7/h3-5,10H,2,6H2,1H3. The molecule has 6 nitrogen and oxygen atoms in total. The molecule has 16 heavy (non-hydrogen) atoms. The number of nitrogens with one attached hydrogen (secondary N) is 1. The van der Waals surface area contributed by atoms with Crippen molar-refractivity contribution in [2.45, 2.75) is 18.2 Å². The second kappa shape index (κ2) is 4.18. The second-order valence-electron chi connectivity index (χ2n) is 3.29. The summed E-state index contributed by atoms with van der Waals surface area (Å²) < 4.78 is 30.7. The van der Waals surface area contributed by atoms with E-state index < -0.39 is 10.0 Å². The molecule has 0 aliphatic heterocycles. The van der Waals surface area contributed by atoms with Gasteiger partial charge in [0.15, 0.2) is 5.52 Å². The summed E-state index contributed by atoms with van der Waals surface area (Å²) in [5.74, 6) is 0. The molecule has 1 heterocycles. The third-order valence-electron chi connectivity index (χ3n) is 2.08. The van der Waals surface area contributed by atoms with Gasteiger partial charge >= 0.3 is 0 Å². The summed E-state index contributed by atoms with van der Waals surface area (Å²) in [5, 5.41) is 7.18. The molecule has 0 atom stereocenters. The Morgan fingerprint density at radius 1 is 1.38 bits per heavy atom. The molecular weight excluding hydrogens is 230 g/mol. The third kappa shape index (κ3) is 1.91. The van der Waals surface area contributed by atoms with E-state index in [2.05, 4.69) is 19.7 Å². The van der Waals surface area contributed by atoms with E-state index in [0.717, 1.165) is 6.42 Å². The van der Waals surface area contributed by atoms with Gasteiger partial charge in [-0.05, 0) is 28.9 Å². The molecule has 0 bridgehead atoms. The highest BCUT2D eigenvalue weighted by Crippen LogP contribution is 2.19. The Bertz CT molecular complexity index is 591. The van der Waals surface area contributed by atoms with Gasteiger partial charge in [0.25, 0.3) is 0 Å². The van der Waals surface area contributed by atoms with Crippen molar-refractivity contribution in [3.05, 3.63) is 18.2 Å². The zero-order valence-corrected chi connectivity index (χ0v) is 9.49. The van der Waals surface area contributed by atoms with Crippen LogP contribution in [0.1, 0.15) is 13.3 Å². The first kappa shape index (κ1) is 11.0. The Labute approximate surface area is 92.7 Å². The van der Waals surface area contributed by atoms with Crippen LogP contribution in [0.15, 0.2) is 27.7 Å². The van der Waals surface area contributed by atoms with Crippen LogP contribution in [0.5, 0.6) is 0 Å². The fourth-order valence-corrected chi connectivity index (χ4v) is 2.59. The molecule has 0 aliphatic carbocycles. The molecule has 0 unspecified atom stereocenters. The second-order valence-corrected chi connectivity index (χ2v) is 5.02. The predicted molar refractivity (Wildman–Crippen MR) is 57.3 cm³/mol. The predicted octanol–water partition coefficient (Wildman–Crippen LogP) is 0.911. The lowest BCUT2D eigenvalue weighted by Crippen LogP contribution is -2.24. The maximum Gasteiger partial charge on any atom is 0.242 e. The molecule has 1 N–H and O–H groups in total. The van der Waals surface area contributed by atoms with Crippen LogP contribution in [0, 0.1) is 0 Å². The lowest BCUT2D eigenvalue weighted by molar-refractivity contribution is 0.315. The minimum atomic E-state index is -3.53. The average molecular weight is 241 g/mol. The van der Waals surface area contributed by atoms with E-state index >= 15 is 0 Å². The molecule has 0 fully saturated rings. The van der Waals surface area contributed by atoms with E-state index in [1.54, 1.807) is 12.1 Å². The number of fused-ring (bicyclic) bond motifs is 1. The van der Waals surface area contributed by atoms with Crippen LogP contribution in [-0.4, -0.2) is 25.3 Å². The number of hydrogen-bond donors (Lipinski definition) is 1. The zero-order chi connectivity index (χ0) is 11.6. The first-order valence-corrected chi connectivity index (χ1v) is 6.34. The highest BCUT2D eigenvalue weighted by atomic mass is 32.2. The van der Waals surface area contributed by atoms with Crippen molar-refractivity contribution in [3.8, 4) is 0 Å². The van der Waals surface area contributed by atoms with E-state index in [-0.39, 0.29) is 10.4 Å². The number of benzene rings is 1. The van der Waals surface area contributed by atoms with E-state index in [1.807, 2.05) is 6.92 Å². The van der Waals surface area contributed by atoms with Crippen LogP contribution in [-0.2, 0) is 10.0 Å². The summed E-state index contributed by atoms with van der Waals surface area (Å²) >= 11 is 0. The van der Waals surface area contributed by atoms with E-state index in [0.29, 0.717) is 12.1 Å². The van der Waals surface area contributed by atoms with Crippen molar-refractivity contribution in [1.29, 1.82) is 0 Å². The van der Waals surface area contributed by atoms with Crippen LogP contribution >= 0.6 is 0 Å². The van der Waals surface area contributed by atoms with Gasteiger partial charge in [0, 0.05) is 6.54 Å². The minimum absolute atomic E-state index is 0.0969. The zero-order valence-electron chi connectivity index (χ0n) is 8.67. The number of hydrogen-bond acceptors (Lipinski definition) is 5. The highest BCUT2D eigenvalue weighted by molar-refractivity contribution is 7.89. The van der Waals surface area contributed by atoms with Crippen molar-refractivity contribution >= 4 is 21.1 Å². The molecule has 0 radical (unpaired) electrons. The van der Waals surface area contributed by atoms with Crippen LogP contribution < -0.4 is 4.72 Å². The summed E-state index contributed by atoms with van der Waals surface area (Å²) in [6.45, 7) is 2.28. The number of nitrogens with zero attached hydrogens (tertiary/aromatic N) is 2. The number of rotatable bonds is 4. The Morgan fingerprint density at radius 3 is 2.94 bits per heavy atom. The summed E-state index contributed by atoms with van der Waals surface area (Å²) in [6, 6.07) is 4.72. The van der Waals surface area contributed by atoms with Gasteiger partial charge in [-0.2, -0.15) is 0 Å². The maximum atomic E-state index is 11.9. The van der Waals surface area contributed by atoms with E-state index in [4.69, 9.17) is 0 Å². The topological polar surface area (TPSA) is 85.1 Å². The lowest BCUT2D eigenvalue weighted by atomic mass is 10.3. The van der Waals surface area contributed by atoms with Crippen LogP contribution in [0.4, 0.5) is 0 Å². The Hall–Kier alpha value is -1.47. The van der Waals surface area contributed by atoms with Crippen molar-refractivity contribution in [2.24, 2.45) is 0 Å². The van der Waals surface area contributed by atoms with Gasteiger partial charge < -0.3 is 0 Å². The molecule has 0 spiro atoms. The molecule has 7 heteroatoms. The Morgan fingerprint density at radius 2 is 2.19 bits per heavy atom. The third-order valence-corrected chi connectivity index (χ3v) is 3.57. The van der Waals surface area contributed by atoms with Gasteiger partial charge in [0.05, 0.1) is 0 Å². The van der Waals surface area contributed by atoms with Crippen molar-refractivity contribution in [2.75, 3.05) is 6.54 Å². The average Bonchev–Trinajstić information content (AvgIpc) is 2.73. The Kier molecular flexibility index (Phi) is 2.88. The van der Waals surface area contributed by atoms with Gasteiger partial charge in [-0.3, -0.25) is 0 Å². The molecule has 0 amide bonds. The van der Waals surface area contributed by atoms with Gasteiger partial charge in [-0.1, -0.05) is 13.0 Å². The van der Waals surface area contributed by atoms with Crippen molar-refractivity contribution in [1.82, 2.24) is 15.0 Å². The largest absolute Gasteiger partial charge is 0.243 e. The Balaban J connectivity index is 2.50. The molecule has 0 saturated carbocycles. The number of sulfonamides is 1. The van der Waals surface area contributed by atoms with Crippen LogP contribution in [0.2, 0.25) is 0 Å².